The maximum absolute atomic E-state index is 5.27. The summed E-state index contributed by atoms with van der Waals surface area (Å²) in [5, 5.41) is 7.02. The van der Waals surface area contributed by atoms with Crippen LogP contribution in [0.3, 0.4) is 0 Å². The summed E-state index contributed by atoms with van der Waals surface area (Å²) in [6.45, 7) is 6.49. The van der Waals surface area contributed by atoms with Crippen LogP contribution >= 0.6 is 24.0 Å². The summed E-state index contributed by atoms with van der Waals surface area (Å²) in [6.07, 6.45) is 10.6. The Morgan fingerprint density at radius 3 is 2.33 bits per heavy atom. The van der Waals surface area contributed by atoms with E-state index < -0.39 is 0 Å². The first-order valence-corrected chi connectivity index (χ1v) is 9.44. The van der Waals surface area contributed by atoms with Crippen LogP contribution in [0.5, 0.6) is 0 Å². The molecule has 1 aliphatic heterocycles. The molecule has 1 saturated heterocycles. The molecule has 0 bridgehead atoms. The van der Waals surface area contributed by atoms with E-state index in [0.29, 0.717) is 5.41 Å². The third-order valence-electron chi connectivity index (χ3n) is 5.52. The molecule has 0 atom stereocenters. The highest BCUT2D eigenvalue weighted by Crippen LogP contribution is 2.43. The molecule has 1 saturated carbocycles. The first kappa shape index (κ1) is 22.0. The fourth-order valence-electron chi connectivity index (χ4n) is 3.69. The summed E-state index contributed by atoms with van der Waals surface area (Å²) < 4.78 is 5.27. The van der Waals surface area contributed by atoms with Gasteiger partial charge in [0.25, 0.3) is 0 Å². The first-order valence-electron chi connectivity index (χ1n) is 9.44. The molecule has 0 aromatic rings. The van der Waals surface area contributed by atoms with Crippen molar-refractivity contribution in [3.63, 3.8) is 0 Å². The summed E-state index contributed by atoms with van der Waals surface area (Å²) in [7, 11) is 3.66. The minimum absolute atomic E-state index is 0. The van der Waals surface area contributed by atoms with Crippen molar-refractivity contribution in [3.8, 4) is 0 Å². The molecule has 5 nitrogen and oxygen atoms in total. The van der Waals surface area contributed by atoms with Gasteiger partial charge in [-0.25, -0.2) is 0 Å². The molecule has 142 valence electrons. The van der Waals surface area contributed by atoms with Gasteiger partial charge in [0.1, 0.15) is 0 Å². The van der Waals surface area contributed by atoms with Gasteiger partial charge in [-0.05, 0) is 50.6 Å². The van der Waals surface area contributed by atoms with Gasteiger partial charge in [0.2, 0.25) is 0 Å². The van der Waals surface area contributed by atoms with Crippen molar-refractivity contribution in [1.29, 1.82) is 0 Å². The lowest BCUT2D eigenvalue weighted by atomic mass is 9.67. The Bertz CT molecular complexity index is 353. The summed E-state index contributed by atoms with van der Waals surface area (Å²) >= 11 is 0. The Morgan fingerprint density at radius 2 is 1.79 bits per heavy atom. The molecule has 24 heavy (non-hydrogen) atoms. The van der Waals surface area contributed by atoms with Crippen LogP contribution < -0.4 is 10.6 Å². The Hall–Kier alpha value is -0.0800. The van der Waals surface area contributed by atoms with Gasteiger partial charge < -0.3 is 20.3 Å². The van der Waals surface area contributed by atoms with Crippen LogP contribution in [0.25, 0.3) is 0 Å². The van der Waals surface area contributed by atoms with E-state index in [1.54, 1.807) is 7.11 Å². The number of hydrogen-bond acceptors (Lipinski definition) is 3. The summed E-state index contributed by atoms with van der Waals surface area (Å²) in [6, 6.07) is 0. The molecule has 0 radical (unpaired) electrons. The smallest absolute Gasteiger partial charge is 0.191 e. The van der Waals surface area contributed by atoms with Crippen LogP contribution in [0.2, 0.25) is 0 Å². The average molecular weight is 452 g/mol. The van der Waals surface area contributed by atoms with E-state index in [0.717, 1.165) is 38.6 Å². The van der Waals surface area contributed by atoms with Gasteiger partial charge in [-0.3, -0.25) is 4.99 Å². The van der Waals surface area contributed by atoms with Gasteiger partial charge in [-0.1, -0.05) is 19.3 Å². The lowest BCUT2D eigenvalue weighted by Crippen LogP contribution is -2.48. The molecule has 2 aliphatic rings. The van der Waals surface area contributed by atoms with Crippen LogP contribution in [-0.4, -0.2) is 64.3 Å². The van der Waals surface area contributed by atoms with Gasteiger partial charge in [-0.2, -0.15) is 0 Å². The third kappa shape index (κ3) is 7.44. The Labute approximate surface area is 165 Å². The van der Waals surface area contributed by atoms with Crippen molar-refractivity contribution in [2.24, 2.45) is 10.4 Å². The van der Waals surface area contributed by atoms with Crippen molar-refractivity contribution in [2.45, 2.75) is 51.4 Å². The zero-order valence-corrected chi connectivity index (χ0v) is 17.9. The molecule has 1 heterocycles. The summed E-state index contributed by atoms with van der Waals surface area (Å²) in [4.78, 5) is 6.96. The average Bonchev–Trinajstić information content (AvgIpc) is 2.80. The van der Waals surface area contributed by atoms with E-state index in [1.165, 1.54) is 58.0 Å². The number of hydrogen-bond donors (Lipinski definition) is 2. The second-order valence-electron chi connectivity index (χ2n) is 7.20. The Balaban J connectivity index is 0.00000288. The van der Waals surface area contributed by atoms with Crippen molar-refractivity contribution in [2.75, 3.05) is 53.5 Å². The summed E-state index contributed by atoms with van der Waals surface area (Å²) in [5.41, 5.74) is 0.429. The second-order valence-corrected chi connectivity index (χ2v) is 7.20. The number of rotatable bonds is 8. The minimum Gasteiger partial charge on any atom is -0.385 e. The van der Waals surface area contributed by atoms with E-state index in [-0.39, 0.29) is 24.0 Å². The SMILES string of the molecule is CN=C(NCCN1CCCCCC1)NCC1(CCOC)CCC1.I. The number of halogens is 1. The lowest BCUT2D eigenvalue weighted by molar-refractivity contribution is 0.0732. The molecule has 0 unspecified atom stereocenters. The first-order chi connectivity index (χ1) is 11.3. The van der Waals surface area contributed by atoms with E-state index >= 15 is 0 Å². The molecule has 2 fully saturated rings. The van der Waals surface area contributed by atoms with Crippen LogP contribution in [0, 0.1) is 5.41 Å². The van der Waals surface area contributed by atoms with Crippen LogP contribution in [0.15, 0.2) is 4.99 Å². The maximum Gasteiger partial charge on any atom is 0.191 e. The normalized spacial score (nSPS) is 21.3. The minimum atomic E-state index is 0. The Morgan fingerprint density at radius 1 is 1.08 bits per heavy atom. The molecule has 0 amide bonds. The maximum atomic E-state index is 5.27. The van der Waals surface area contributed by atoms with Crippen LogP contribution in [-0.2, 0) is 4.74 Å². The van der Waals surface area contributed by atoms with Crippen molar-refractivity contribution < 1.29 is 4.74 Å². The molecule has 1 aliphatic carbocycles. The lowest BCUT2D eigenvalue weighted by Gasteiger charge is -2.42. The van der Waals surface area contributed by atoms with Gasteiger partial charge in [0.05, 0.1) is 0 Å². The predicted octanol–water partition coefficient (Wildman–Crippen LogP) is 2.85. The number of methoxy groups -OCH3 is 1. The van der Waals surface area contributed by atoms with Crippen molar-refractivity contribution >= 4 is 29.9 Å². The standard InChI is InChI=1S/C18H36N4O.HI/c1-19-17(20-11-14-22-12-5-3-4-6-13-22)21-16-18(8-7-9-18)10-15-23-2;/h3-16H2,1-2H3,(H2,19,20,21);1H. The second kappa shape index (κ2) is 12.3. The molecule has 0 spiro atoms. The van der Waals surface area contributed by atoms with Gasteiger partial charge in [-0.15, -0.1) is 24.0 Å². The largest absolute Gasteiger partial charge is 0.385 e. The number of guanidine groups is 1. The highest BCUT2D eigenvalue weighted by atomic mass is 127. The highest BCUT2D eigenvalue weighted by Gasteiger charge is 2.36. The number of nitrogens with zero attached hydrogens (tertiary/aromatic N) is 2. The number of ether oxygens (including phenoxy) is 1. The predicted molar refractivity (Wildman–Crippen MR) is 112 cm³/mol. The van der Waals surface area contributed by atoms with E-state index in [1.807, 2.05) is 7.05 Å². The quantitative estimate of drug-likeness (QED) is 0.338. The summed E-state index contributed by atoms with van der Waals surface area (Å²) in [5.74, 6) is 0.948. The molecule has 6 heteroatoms. The zero-order valence-electron chi connectivity index (χ0n) is 15.6. The molecule has 0 aromatic heterocycles. The van der Waals surface area contributed by atoms with Gasteiger partial charge >= 0.3 is 0 Å². The number of likely N-dealkylation sites (tertiary alicyclic amines) is 1. The van der Waals surface area contributed by atoms with Gasteiger partial charge in [0, 0.05) is 40.4 Å². The fourth-order valence-corrected chi connectivity index (χ4v) is 3.69. The zero-order chi connectivity index (χ0) is 16.4. The number of aliphatic imine (C=N–C) groups is 1. The van der Waals surface area contributed by atoms with Gasteiger partial charge in [0.15, 0.2) is 5.96 Å². The van der Waals surface area contributed by atoms with Crippen molar-refractivity contribution in [1.82, 2.24) is 15.5 Å². The highest BCUT2D eigenvalue weighted by molar-refractivity contribution is 14.0. The number of nitrogens with one attached hydrogen (secondary N) is 2. The van der Waals surface area contributed by atoms with E-state index in [9.17, 15) is 0 Å². The third-order valence-corrected chi connectivity index (χ3v) is 5.52. The molecular formula is C18H37IN4O. The topological polar surface area (TPSA) is 48.9 Å². The molecule has 2 N–H and O–H groups in total. The van der Waals surface area contributed by atoms with E-state index in [4.69, 9.17) is 4.74 Å². The fraction of sp³-hybridized carbons (Fsp3) is 0.944. The monoisotopic (exact) mass is 452 g/mol. The van der Waals surface area contributed by atoms with Crippen LogP contribution in [0.4, 0.5) is 0 Å². The molecular weight excluding hydrogens is 415 g/mol. The molecule has 0 aromatic carbocycles. The van der Waals surface area contributed by atoms with E-state index in [2.05, 4.69) is 20.5 Å². The Kier molecular flexibility index (Phi) is 11.3. The van der Waals surface area contributed by atoms with Crippen LogP contribution in [0.1, 0.15) is 51.4 Å². The van der Waals surface area contributed by atoms with Crippen molar-refractivity contribution in [3.05, 3.63) is 0 Å². The molecule has 2 rings (SSSR count).